The molecule has 0 saturated carbocycles. The van der Waals surface area contributed by atoms with Crippen molar-refractivity contribution in [3.8, 4) is 0 Å². The number of anilines is 1. The smallest absolute Gasteiger partial charge is 0.0805 e. The highest BCUT2D eigenvalue weighted by molar-refractivity contribution is 9.10. The second-order valence-electron chi connectivity index (χ2n) is 5.10. The summed E-state index contributed by atoms with van der Waals surface area (Å²) in [5.41, 5.74) is 10.8. The number of hydrogen-bond acceptors (Lipinski definition) is 2. The van der Waals surface area contributed by atoms with Crippen LogP contribution in [0.2, 0.25) is 0 Å². The molecule has 94 valence electrons. The number of fused-ring (bicyclic) bond motifs is 4. The topological polar surface area (TPSA) is 38.9 Å². The minimum atomic E-state index is 0.920. The van der Waals surface area contributed by atoms with Crippen molar-refractivity contribution in [3.63, 3.8) is 0 Å². The fourth-order valence-corrected chi connectivity index (χ4v) is 3.66. The van der Waals surface area contributed by atoms with Gasteiger partial charge >= 0.3 is 0 Å². The SMILES string of the molecule is Nc1c2c(nc3c1cc(Br)c1ccccc13)CCC2. The maximum atomic E-state index is 6.37. The van der Waals surface area contributed by atoms with E-state index >= 15 is 0 Å². The molecule has 2 N–H and O–H groups in total. The molecule has 4 rings (SSSR count). The van der Waals surface area contributed by atoms with Gasteiger partial charge in [0, 0.05) is 26.6 Å². The third-order valence-electron chi connectivity index (χ3n) is 4.02. The van der Waals surface area contributed by atoms with Crippen LogP contribution < -0.4 is 5.73 Å². The number of halogens is 1. The molecule has 0 saturated heterocycles. The molecule has 3 heteroatoms. The Morgan fingerprint density at radius 3 is 2.68 bits per heavy atom. The first-order chi connectivity index (χ1) is 9.25. The van der Waals surface area contributed by atoms with Crippen molar-refractivity contribution in [1.82, 2.24) is 4.98 Å². The van der Waals surface area contributed by atoms with E-state index in [4.69, 9.17) is 10.7 Å². The zero-order valence-electron chi connectivity index (χ0n) is 10.4. The lowest BCUT2D eigenvalue weighted by Crippen LogP contribution is -1.99. The standard InChI is InChI=1S/C16H13BrN2/c17-13-8-12-15(18)11-6-3-7-14(11)19-16(12)10-5-2-1-4-9(10)13/h1-2,4-5,8H,3,6-7H2,(H2,18,19). The van der Waals surface area contributed by atoms with Crippen LogP contribution in [0.3, 0.4) is 0 Å². The van der Waals surface area contributed by atoms with E-state index in [1.165, 1.54) is 28.5 Å². The molecule has 1 heterocycles. The quantitative estimate of drug-likeness (QED) is 0.631. The van der Waals surface area contributed by atoms with Crippen molar-refractivity contribution in [2.75, 3.05) is 5.73 Å². The molecule has 2 nitrogen and oxygen atoms in total. The van der Waals surface area contributed by atoms with Crippen LogP contribution in [-0.4, -0.2) is 4.98 Å². The van der Waals surface area contributed by atoms with Crippen molar-refractivity contribution < 1.29 is 0 Å². The average Bonchev–Trinajstić information content (AvgIpc) is 2.90. The fourth-order valence-electron chi connectivity index (χ4n) is 3.08. The Balaban J connectivity index is 2.26. The summed E-state index contributed by atoms with van der Waals surface area (Å²) in [6, 6.07) is 10.5. The van der Waals surface area contributed by atoms with E-state index in [1.54, 1.807) is 0 Å². The monoisotopic (exact) mass is 312 g/mol. The predicted molar refractivity (Wildman–Crippen MR) is 83.4 cm³/mol. The van der Waals surface area contributed by atoms with Gasteiger partial charge in [0.2, 0.25) is 0 Å². The van der Waals surface area contributed by atoms with E-state index in [1.807, 2.05) is 0 Å². The highest BCUT2D eigenvalue weighted by Gasteiger charge is 2.19. The lowest BCUT2D eigenvalue weighted by atomic mass is 10.0. The molecule has 3 aromatic rings. The van der Waals surface area contributed by atoms with Crippen LogP contribution >= 0.6 is 15.9 Å². The van der Waals surface area contributed by atoms with Gasteiger partial charge in [0.1, 0.15) is 0 Å². The number of aryl methyl sites for hydroxylation is 1. The van der Waals surface area contributed by atoms with Gasteiger partial charge in [0.15, 0.2) is 0 Å². The summed E-state index contributed by atoms with van der Waals surface area (Å²) in [5, 5.41) is 3.44. The van der Waals surface area contributed by atoms with Gasteiger partial charge in [-0.2, -0.15) is 0 Å². The number of aromatic nitrogens is 1. The van der Waals surface area contributed by atoms with E-state index in [0.29, 0.717) is 0 Å². The molecular formula is C16H13BrN2. The molecule has 0 fully saturated rings. The number of pyridine rings is 1. The molecule has 19 heavy (non-hydrogen) atoms. The number of hydrogen-bond donors (Lipinski definition) is 1. The molecule has 0 unspecified atom stereocenters. The Morgan fingerprint density at radius 1 is 1.05 bits per heavy atom. The van der Waals surface area contributed by atoms with Crippen molar-refractivity contribution >= 4 is 43.3 Å². The van der Waals surface area contributed by atoms with Gasteiger partial charge in [-0.25, -0.2) is 0 Å². The first-order valence-electron chi connectivity index (χ1n) is 6.54. The summed E-state index contributed by atoms with van der Waals surface area (Å²) in [7, 11) is 0. The van der Waals surface area contributed by atoms with Crippen LogP contribution in [0.15, 0.2) is 34.8 Å². The zero-order chi connectivity index (χ0) is 13.0. The maximum absolute atomic E-state index is 6.37. The average molecular weight is 313 g/mol. The third-order valence-corrected chi connectivity index (χ3v) is 4.67. The lowest BCUT2D eigenvalue weighted by Gasteiger charge is -2.11. The summed E-state index contributed by atoms with van der Waals surface area (Å²) < 4.78 is 1.09. The van der Waals surface area contributed by atoms with Crippen LogP contribution in [0.25, 0.3) is 21.7 Å². The highest BCUT2D eigenvalue weighted by Crippen LogP contribution is 2.37. The van der Waals surface area contributed by atoms with Crippen LogP contribution in [0.4, 0.5) is 5.69 Å². The molecule has 0 aliphatic heterocycles. The van der Waals surface area contributed by atoms with Gasteiger partial charge in [-0.05, 0) is 36.3 Å². The van der Waals surface area contributed by atoms with Crippen molar-refractivity contribution in [3.05, 3.63) is 46.1 Å². The molecule has 0 amide bonds. The Kier molecular flexibility index (Phi) is 2.33. The Morgan fingerprint density at radius 2 is 1.84 bits per heavy atom. The molecular weight excluding hydrogens is 300 g/mol. The van der Waals surface area contributed by atoms with Gasteiger partial charge in [-0.3, -0.25) is 4.98 Å². The summed E-state index contributed by atoms with van der Waals surface area (Å²) >= 11 is 3.65. The van der Waals surface area contributed by atoms with E-state index in [0.717, 1.165) is 33.9 Å². The summed E-state index contributed by atoms with van der Waals surface area (Å²) in [6.45, 7) is 0. The summed E-state index contributed by atoms with van der Waals surface area (Å²) in [4.78, 5) is 4.88. The largest absolute Gasteiger partial charge is 0.398 e. The van der Waals surface area contributed by atoms with Gasteiger partial charge < -0.3 is 5.73 Å². The number of benzene rings is 2. The summed E-state index contributed by atoms with van der Waals surface area (Å²) in [6.07, 6.45) is 3.29. The van der Waals surface area contributed by atoms with Gasteiger partial charge in [0.25, 0.3) is 0 Å². The van der Waals surface area contributed by atoms with Crippen molar-refractivity contribution in [1.29, 1.82) is 0 Å². The molecule has 0 atom stereocenters. The number of nitrogen functional groups attached to an aromatic ring is 1. The Hall–Kier alpha value is -1.61. The fraction of sp³-hybridized carbons (Fsp3) is 0.188. The maximum Gasteiger partial charge on any atom is 0.0805 e. The summed E-state index contributed by atoms with van der Waals surface area (Å²) in [5.74, 6) is 0. The van der Waals surface area contributed by atoms with Crippen molar-refractivity contribution in [2.45, 2.75) is 19.3 Å². The molecule has 0 spiro atoms. The number of nitrogens with two attached hydrogens (primary N) is 1. The minimum Gasteiger partial charge on any atom is -0.398 e. The van der Waals surface area contributed by atoms with Gasteiger partial charge in [0.05, 0.1) is 5.52 Å². The molecule has 1 aromatic heterocycles. The Bertz CT molecular complexity index is 824. The van der Waals surface area contributed by atoms with E-state index in [-0.39, 0.29) is 0 Å². The first kappa shape index (κ1) is 11.2. The van der Waals surface area contributed by atoms with Crippen LogP contribution in [0.1, 0.15) is 17.7 Å². The van der Waals surface area contributed by atoms with Gasteiger partial charge in [-0.15, -0.1) is 0 Å². The van der Waals surface area contributed by atoms with Crippen LogP contribution in [0.5, 0.6) is 0 Å². The van der Waals surface area contributed by atoms with Crippen molar-refractivity contribution in [2.24, 2.45) is 0 Å². The van der Waals surface area contributed by atoms with Crippen LogP contribution in [0, 0.1) is 0 Å². The molecule has 1 aliphatic carbocycles. The number of nitrogens with zero attached hydrogens (tertiary/aromatic N) is 1. The van der Waals surface area contributed by atoms with E-state index in [2.05, 4.69) is 46.3 Å². The normalized spacial score (nSPS) is 14.2. The van der Waals surface area contributed by atoms with E-state index in [9.17, 15) is 0 Å². The first-order valence-corrected chi connectivity index (χ1v) is 7.33. The lowest BCUT2D eigenvalue weighted by molar-refractivity contribution is 0.901. The molecule has 0 bridgehead atoms. The predicted octanol–water partition coefficient (Wildman–Crippen LogP) is 4.22. The second kappa shape index (κ2) is 3.94. The molecule has 2 aromatic carbocycles. The molecule has 1 aliphatic rings. The molecule has 0 radical (unpaired) electrons. The second-order valence-corrected chi connectivity index (χ2v) is 5.96. The zero-order valence-corrected chi connectivity index (χ0v) is 12.0. The van der Waals surface area contributed by atoms with E-state index < -0.39 is 0 Å². The highest BCUT2D eigenvalue weighted by atomic mass is 79.9. The third kappa shape index (κ3) is 1.51. The minimum absolute atomic E-state index is 0.920. The van der Waals surface area contributed by atoms with Crippen LogP contribution in [-0.2, 0) is 12.8 Å². The van der Waals surface area contributed by atoms with Gasteiger partial charge in [-0.1, -0.05) is 40.2 Å². The number of rotatable bonds is 0. The Labute approximate surface area is 119 Å².